The molecular weight excluding hydrogens is 210 g/mol. The number of hydrogen-bond acceptors (Lipinski definition) is 2. The Morgan fingerprint density at radius 1 is 1.47 bits per heavy atom. The van der Waals surface area contributed by atoms with Crippen LogP contribution in [0.15, 0.2) is 6.07 Å². The molecule has 2 rings (SSSR count). The van der Waals surface area contributed by atoms with Crippen LogP contribution in [0.25, 0.3) is 0 Å². The summed E-state index contributed by atoms with van der Waals surface area (Å²) in [5, 5.41) is 8.17. The van der Waals surface area contributed by atoms with Gasteiger partial charge in [0.05, 0.1) is 5.69 Å². The van der Waals surface area contributed by atoms with Crippen LogP contribution in [0.3, 0.4) is 0 Å². The van der Waals surface area contributed by atoms with Crippen LogP contribution in [0.5, 0.6) is 0 Å². The molecule has 1 aliphatic heterocycles. The summed E-state index contributed by atoms with van der Waals surface area (Å²) in [7, 11) is 2.06. The first-order valence-electron chi connectivity index (χ1n) is 6.98. The second-order valence-electron chi connectivity index (χ2n) is 5.26. The van der Waals surface area contributed by atoms with E-state index < -0.39 is 0 Å². The van der Waals surface area contributed by atoms with E-state index in [1.54, 1.807) is 0 Å². The van der Waals surface area contributed by atoms with E-state index >= 15 is 0 Å². The van der Waals surface area contributed by atoms with E-state index in [0.717, 1.165) is 18.8 Å². The molecule has 1 aromatic heterocycles. The van der Waals surface area contributed by atoms with Gasteiger partial charge >= 0.3 is 0 Å². The molecule has 0 saturated carbocycles. The Balaban J connectivity index is 1.97. The third kappa shape index (κ3) is 3.09. The molecule has 0 aliphatic carbocycles. The Morgan fingerprint density at radius 3 is 2.94 bits per heavy atom. The Hall–Kier alpha value is -0.830. The molecule has 1 aliphatic rings. The molecule has 1 aromatic rings. The van der Waals surface area contributed by atoms with Gasteiger partial charge in [-0.25, -0.2) is 0 Å². The monoisotopic (exact) mass is 235 g/mol. The van der Waals surface area contributed by atoms with Crippen LogP contribution in [0.4, 0.5) is 0 Å². The molecule has 0 bridgehead atoms. The smallest absolute Gasteiger partial charge is 0.0624 e. The standard InChI is InChI=1S/C14H25N3/c1-4-11-6-7-15-13(8-11)10-14-9-12(5-2)16-17(14)3/h9,11,13,15H,4-8,10H2,1-3H3. The number of aromatic nitrogens is 2. The van der Waals surface area contributed by atoms with Crippen molar-refractivity contribution in [2.75, 3.05) is 6.54 Å². The van der Waals surface area contributed by atoms with Gasteiger partial charge < -0.3 is 5.32 Å². The van der Waals surface area contributed by atoms with Crippen LogP contribution in [0, 0.1) is 5.92 Å². The van der Waals surface area contributed by atoms with E-state index in [2.05, 4.69) is 42.1 Å². The van der Waals surface area contributed by atoms with E-state index in [0.29, 0.717) is 6.04 Å². The van der Waals surface area contributed by atoms with Crippen molar-refractivity contribution in [1.82, 2.24) is 15.1 Å². The average Bonchev–Trinajstić information content (AvgIpc) is 2.70. The Bertz CT molecular complexity index is 356. The van der Waals surface area contributed by atoms with Gasteiger partial charge in [-0.1, -0.05) is 20.3 Å². The minimum atomic E-state index is 0.647. The number of hydrogen-bond donors (Lipinski definition) is 1. The molecule has 0 radical (unpaired) electrons. The van der Waals surface area contributed by atoms with Gasteiger partial charge in [0, 0.05) is 25.2 Å². The summed E-state index contributed by atoms with van der Waals surface area (Å²) in [6, 6.07) is 2.91. The van der Waals surface area contributed by atoms with E-state index in [-0.39, 0.29) is 0 Å². The molecule has 3 heteroatoms. The Kier molecular flexibility index (Phi) is 4.21. The fourth-order valence-corrected chi connectivity index (χ4v) is 2.81. The summed E-state index contributed by atoms with van der Waals surface area (Å²) >= 11 is 0. The average molecular weight is 235 g/mol. The minimum absolute atomic E-state index is 0.647. The highest BCUT2D eigenvalue weighted by Gasteiger charge is 2.21. The molecule has 1 saturated heterocycles. The van der Waals surface area contributed by atoms with Crippen molar-refractivity contribution >= 4 is 0 Å². The van der Waals surface area contributed by atoms with Crippen molar-refractivity contribution in [1.29, 1.82) is 0 Å². The number of aryl methyl sites for hydroxylation is 2. The fraction of sp³-hybridized carbons (Fsp3) is 0.786. The summed E-state index contributed by atoms with van der Waals surface area (Å²) in [6.07, 6.45) is 6.15. The van der Waals surface area contributed by atoms with E-state index in [9.17, 15) is 0 Å². The first-order valence-corrected chi connectivity index (χ1v) is 6.98. The molecule has 1 fully saturated rings. The van der Waals surface area contributed by atoms with Crippen LogP contribution < -0.4 is 5.32 Å². The van der Waals surface area contributed by atoms with Crippen LogP contribution in [0.2, 0.25) is 0 Å². The lowest BCUT2D eigenvalue weighted by Gasteiger charge is -2.29. The zero-order valence-electron chi connectivity index (χ0n) is 11.4. The summed E-state index contributed by atoms with van der Waals surface area (Å²) in [5.41, 5.74) is 2.58. The van der Waals surface area contributed by atoms with E-state index in [1.165, 1.54) is 37.2 Å². The van der Waals surface area contributed by atoms with Crippen molar-refractivity contribution in [3.05, 3.63) is 17.5 Å². The number of nitrogens with one attached hydrogen (secondary N) is 1. The van der Waals surface area contributed by atoms with Gasteiger partial charge in [0.25, 0.3) is 0 Å². The van der Waals surface area contributed by atoms with Gasteiger partial charge in [-0.15, -0.1) is 0 Å². The second kappa shape index (κ2) is 5.67. The molecular formula is C14H25N3. The maximum Gasteiger partial charge on any atom is 0.0624 e. The van der Waals surface area contributed by atoms with Gasteiger partial charge in [-0.05, 0) is 37.8 Å². The number of rotatable bonds is 4. The maximum atomic E-state index is 4.52. The summed E-state index contributed by atoms with van der Waals surface area (Å²) < 4.78 is 2.05. The van der Waals surface area contributed by atoms with Crippen molar-refractivity contribution in [2.24, 2.45) is 13.0 Å². The van der Waals surface area contributed by atoms with Crippen LogP contribution >= 0.6 is 0 Å². The zero-order valence-corrected chi connectivity index (χ0v) is 11.4. The van der Waals surface area contributed by atoms with Gasteiger partial charge in [0.15, 0.2) is 0 Å². The van der Waals surface area contributed by atoms with Crippen molar-refractivity contribution in [3.8, 4) is 0 Å². The molecule has 3 nitrogen and oxygen atoms in total. The third-order valence-corrected chi connectivity index (χ3v) is 4.03. The van der Waals surface area contributed by atoms with Crippen molar-refractivity contribution < 1.29 is 0 Å². The maximum absolute atomic E-state index is 4.52. The van der Waals surface area contributed by atoms with Crippen LogP contribution in [-0.4, -0.2) is 22.4 Å². The van der Waals surface area contributed by atoms with Crippen LogP contribution in [0.1, 0.15) is 44.5 Å². The highest BCUT2D eigenvalue weighted by Crippen LogP contribution is 2.21. The number of piperidine rings is 1. The van der Waals surface area contributed by atoms with E-state index in [1.807, 2.05) is 0 Å². The molecule has 0 amide bonds. The van der Waals surface area contributed by atoms with Gasteiger partial charge in [0.2, 0.25) is 0 Å². The van der Waals surface area contributed by atoms with Gasteiger partial charge in [-0.2, -0.15) is 5.10 Å². The third-order valence-electron chi connectivity index (χ3n) is 4.03. The molecule has 96 valence electrons. The highest BCUT2D eigenvalue weighted by molar-refractivity contribution is 5.11. The molecule has 2 atom stereocenters. The molecule has 1 N–H and O–H groups in total. The largest absolute Gasteiger partial charge is 0.314 e. The lowest BCUT2D eigenvalue weighted by atomic mass is 9.88. The number of nitrogens with zero attached hydrogens (tertiary/aromatic N) is 2. The van der Waals surface area contributed by atoms with Crippen molar-refractivity contribution in [2.45, 2.75) is 52.0 Å². The molecule has 17 heavy (non-hydrogen) atoms. The van der Waals surface area contributed by atoms with Crippen molar-refractivity contribution in [3.63, 3.8) is 0 Å². The highest BCUT2D eigenvalue weighted by atomic mass is 15.3. The second-order valence-corrected chi connectivity index (χ2v) is 5.26. The minimum Gasteiger partial charge on any atom is -0.314 e. The topological polar surface area (TPSA) is 29.9 Å². The fourth-order valence-electron chi connectivity index (χ4n) is 2.81. The SMILES string of the molecule is CCc1cc(CC2CC(CC)CCN2)n(C)n1. The predicted molar refractivity (Wildman–Crippen MR) is 71.1 cm³/mol. The van der Waals surface area contributed by atoms with Crippen LogP contribution in [-0.2, 0) is 19.9 Å². The first kappa shape index (κ1) is 12.6. The van der Waals surface area contributed by atoms with Gasteiger partial charge in [-0.3, -0.25) is 4.68 Å². The summed E-state index contributed by atoms with van der Waals surface area (Å²) in [6.45, 7) is 5.66. The molecule has 2 unspecified atom stereocenters. The predicted octanol–water partition coefficient (Wildman–Crippen LogP) is 2.30. The molecule has 2 heterocycles. The Morgan fingerprint density at radius 2 is 2.29 bits per heavy atom. The summed E-state index contributed by atoms with van der Waals surface area (Å²) in [4.78, 5) is 0. The first-order chi connectivity index (χ1) is 8.22. The molecule has 0 spiro atoms. The summed E-state index contributed by atoms with van der Waals surface area (Å²) in [5.74, 6) is 0.917. The Labute approximate surface area is 105 Å². The normalized spacial score (nSPS) is 25.1. The van der Waals surface area contributed by atoms with E-state index in [4.69, 9.17) is 0 Å². The van der Waals surface area contributed by atoms with Gasteiger partial charge in [0.1, 0.15) is 0 Å². The lowest BCUT2D eigenvalue weighted by molar-refractivity contribution is 0.291. The lowest BCUT2D eigenvalue weighted by Crippen LogP contribution is -2.39. The zero-order chi connectivity index (χ0) is 12.3. The molecule has 0 aromatic carbocycles. The quantitative estimate of drug-likeness (QED) is 0.868.